The van der Waals surface area contributed by atoms with Gasteiger partial charge in [-0.3, -0.25) is 14.9 Å². The molecule has 3 rings (SSSR count). The molecule has 2 aromatic rings. The van der Waals surface area contributed by atoms with Crippen LogP contribution in [0, 0.1) is 13.7 Å². The van der Waals surface area contributed by atoms with Gasteiger partial charge in [-0.15, -0.1) is 0 Å². The number of nitro groups is 1. The molecule has 1 aliphatic heterocycles. The average Bonchev–Trinajstić information content (AvgIpc) is 3.09. The normalized spacial score (nSPS) is 14.3. The third kappa shape index (κ3) is 5.02. The largest absolute Gasteiger partial charge is 0.493 e. The molecule has 0 saturated carbocycles. The quantitative estimate of drug-likeness (QED) is 0.128. The van der Waals surface area contributed by atoms with Gasteiger partial charge in [-0.05, 0) is 58.5 Å². The summed E-state index contributed by atoms with van der Waals surface area (Å²) in [6.07, 6.45) is 1.67. The zero-order valence-electron chi connectivity index (χ0n) is 16.2. The van der Waals surface area contributed by atoms with Crippen LogP contribution in [0.4, 0.5) is 5.69 Å². The second-order valence-corrected chi connectivity index (χ2v) is 7.69. The number of methoxy groups -OCH3 is 1. The lowest BCUT2D eigenvalue weighted by Gasteiger charge is -2.11. The van der Waals surface area contributed by atoms with Crippen molar-refractivity contribution in [3.05, 3.63) is 65.9 Å². The number of aliphatic imine (C=N–C) groups is 1. The highest BCUT2D eigenvalue weighted by Crippen LogP contribution is 2.35. The Morgan fingerprint density at radius 2 is 2.10 bits per heavy atom. The van der Waals surface area contributed by atoms with Crippen molar-refractivity contribution >= 4 is 63.8 Å². The smallest absolute Gasteiger partial charge is 0.363 e. The van der Waals surface area contributed by atoms with Gasteiger partial charge in [0.25, 0.3) is 5.69 Å². The van der Waals surface area contributed by atoms with Crippen molar-refractivity contribution in [1.82, 2.24) is 0 Å². The number of carbonyl (C=O) groups excluding carboxylic acids is 2. The summed E-state index contributed by atoms with van der Waals surface area (Å²) in [5, 5.41) is 11.0. The lowest BCUT2D eigenvalue weighted by Crippen LogP contribution is -2.08. The van der Waals surface area contributed by atoms with Crippen LogP contribution in [-0.2, 0) is 14.3 Å². The molecular formula is C20H14ClIN2O7. The van der Waals surface area contributed by atoms with E-state index in [0.717, 1.165) is 0 Å². The first-order chi connectivity index (χ1) is 14.7. The zero-order chi connectivity index (χ0) is 22.7. The van der Waals surface area contributed by atoms with Gasteiger partial charge in [0, 0.05) is 18.1 Å². The van der Waals surface area contributed by atoms with Gasteiger partial charge < -0.3 is 14.2 Å². The molecular weight excluding hydrogens is 543 g/mol. The summed E-state index contributed by atoms with van der Waals surface area (Å²) in [6, 6.07) is 7.24. The molecule has 0 aromatic heterocycles. The molecule has 1 aliphatic rings. The summed E-state index contributed by atoms with van der Waals surface area (Å²) in [5.41, 5.74) is 0.453. The molecule has 160 valence electrons. The van der Waals surface area contributed by atoms with Crippen molar-refractivity contribution in [2.75, 3.05) is 7.11 Å². The van der Waals surface area contributed by atoms with E-state index < -0.39 is 16.9 Å². The van der Waals surface area contributed by atoms with Crippen molar-refractivity contribution in [1.29, 1.82) is 0 Å². The Morgan fingerprint density at radius 1 is 1.35 bits per heavy atom. The van der Waals surface area contributed by atoms with Crippen LogP contribution >= 0.6 is 34.2 Å². The van der Waals surface area contributed by atoms with Crippen LogP contribution in [0.1, 0.15) is 24.5 Å². The maximum atomic E-state index is 12.3. The molecule has 2 aromatic carbocycles. The number of esters is 2. The lowest BCUT2D eigenvalue weighted by atomic mass is 10.1. The first-order valence-corrected chi connectivity index (χ1v) is 10.2. The number of nitro benzene ring substituents is 1. The molecule has 0 radical (unpaired) electrons. The van der Waals surface area contributed by atoms with Gasteiger partial charge in [0.1, 0.15) is 5.02 Å². The van der Waals surface area contributed by atoms with Crippen LogP contribution in [0.15, 0.2) is 41.0 Å². The summed E-state index contributed by atoms with van der Waals surface area (Å²) < 4.78 is 16.4. The standard InChI is InChI=1S/C20H14ClIN2O7/c1-3-17(25)30-18-13(22)6-10(8-16(18)29-2)7-14-20(26)31-19(23-14)11-4-5-12(21)15(9-11)24(27)28/h4-9H,3H2,1-2H3/b14-7-. The van der Waals surface area contributed by atoms with Crippen molar-refractivity contribution in [2.24, 2.45) is 4.99 Å². The molecule has 0 aliphatic carbocycles. The van der Waals surface area contributed by atoms with Crippen LogP contribution in [0.3, 0.4) is 0 Å². The number of hydrogen-bond donors (Lipinski definition) is 0. The van der Waals surface area contributed by atoms with Crippen LogP contribution in [0.2, 0.25) is 5.02 Å². The Balaban J connectivity index is 1.97. The van der Waals surface area contributed by atoms with E-state index in [1.54, 1.807) is 19.1 Å². The predicted octanol–water partition coefficient (Wildman–Crippen LogP) is 4.52. The maximum absolute atomic E-state index is 12.3. The van der Waals surface area contributed by atoms with Crippen molar-refractivity contribution in [2.45, 2.75) is 13.3 Å². The minimum atomic E-state index is -0.719. The van der Waals surface area contributed by atoms with E-state index in [-0.39, 0.29) is 40.0 Å². The lowest BCUT2D eigenvalue weighted by molar-refractivity contribution is -0.384. The highest BCUT2D eigenvalue weighted by Gasteiger charge is 2.26. The molecule has 31 heavy (non-hydrogen) atoms. The van der Waals surface area contributed by atoms with Gasteiger partial charge in [-0.25, -0.2) is 9.79 Å². The number of ether oxygens (including phenoxy) is 3. The monoisotopic (exact) mass is 556 g/mol. The fourth-order valence-electron chi connectivity index (χ4n) is 2.58. The number of carbonyl (C=O) groups is 2. The Kier molecular flexibility index (Phi) is 6.91. The third-order valence-corrected chi connectivity index (χ3v) is 5.19. The van der Waals surface area contributed by atoms with Gasteiger partial charge in [0.15, 0.2) is 17.2 Å². The molecule has 0 fully saturated rings. The number of hydrogen-bond acceptors (Lipinski definition) is 8. The van der Waals surface area contributed by atoms with E-state index in [1.807, 2.05) is 22.6 Å². The van der Waals surface area contributed by atoms with Gasteiger partial charge in [0.2, 0.25) is 5.90 Å². The van der Waals surface area contributed by atoms with Crippen molar-refractivity contribution in [3.8, 4) is 11.5 Å². The molecule has 0 N–H and O–H groups in total. The number of halogens is 2. The molecule has 0 saturated heterocycles. The molecule has 9 nitrogen and oxygen atoms in total. The van der Waals surface area contributed by atoms with E-state index >= 15 is 0 Å². The minimum Gasteiger partial charge on any atom is -0.493 e. The molecule has 0 amide bonds. The van der Waals surface area contributed by atoms with E-state index in [2.05, 4.69) is 4.99 Å². The van der Waals surface area contributed by atoms with E-state index in [9.17, 15) is 19.7 Å². The fraction of sp³-hybridized carbons (Fsp3) is 0.150. The molecule has 1 heterocycles. The van der Waals surface area contributed by atoms with Gasteiger partial charge in [0.05, 0.1) is 15.6 Å². The maximum Gasteiger partial charge on any atom is 0.363 e. The first kappa shape index (κ1) is 22.7. The Hall–Kier alpha value is -2.99. The molecule has 0 spiro atoms. The van der Waals surface area contributed by atoms with E-state index in [4.69, 9.17) is 25.8 Å². The summed E-state index contributed by atoms with van der Waals surface area (Å²) >= 11 is 7.80. The first-order valence-electron chi connectivity index (χ1n) is 8.78. The molecule has 0 unspecified atom stereocenters. The summed E-state index contributed by atoms with van der Waals surface area (Å²) in [5.74, 6) is -0.615. The highest BCUT2D eigenvalue weighted by atomic mass is 127. The number of benzene rings is 2. The fourth-order valence-corrected chi connectivity index (χ4v) is 3.51. The Morgan fingerprint density at radius 3 is 2.74 bits per heavy atom. The molecule has 0 atom stereocenters. The van der Waals surface area contributed by atoms with E-state index in [0.29, 0.717) is 14.9 Å². The van der Waals surface area contributed by atoms with Crippen LogP contribution in [0.25, 0.3) is 6.08 Å². The zero-order valence-corrected chi connectivity index (χ0v) is 19.1. The van der Waals surface area contributed by atoms with Crippen LogP contribution in [-0.4, -0.2) is 29.9 Å². The third-order valence-electron chi connectivity index (χ3n) is 4.07. The van der Waals surface area contributed by atoms with Crippen molar-refractivity contribution < 1.29 is 28.7 Å². The summed E-state index contributed by atoms with van der Waals surface area (Å²) in [7, 11) is 1.43. The number of cyclic esters (lactones) is 1. The Bertz CT molecular complexity index is 1160. The summed E-state index contributed by atoms with van der Waals surface area (Å²) in [4.78, 5) is 38.5. The topological polar surface area (TPSA) is 117 Å². The summed E-state index contributed by atoms with van der Waals surface area (Å²) in [6.45, 7) is 1.68. The van der Waals surface area contributed by atoms with Crippen LogP contribution < -0.4 is 9.47 Å². The van der Waals surface area contributed by atoms with Gasteiger partial charge >= 0.3 is 11.9 Å². The number of rotatable bonds is 6. The molecule has 11 heteroatoms. The predicted molar refractivity (Wildman–Crippen MR) is 120 cm³/mol. The van der Waals surface area contributed by atoms with Crippen LogP contribution in [0.5, 0.6) is 11.5 Å². The second-order valence-electron chi connectivity index (χ2n) is 6.12. The average molecular weight is 557 g/mol. The van der Waals surface area contributed by atoms with Gasteiger partial charge in [-0.1, -0.05) is 18.5 Å². The van der Waals surface area contributed by atoms with E-state index in [1.165, 1.54) is 31.4 Å². The Labute approximate surface area is 194 Å². The molecule has 0 bridgehead atoms. The SMILES string of the molecule is CCC(=O)Oc1c(I)cc(/C=C2\N=C(c3ccc(Cl)c([N+](=O)[O-])c3)OC2=O)cc1OC. The second kappa shape index (κ2) is 9.43. The van der Waals surface area contributed by atoms with Gasteiger partial charge in [-0.2, -0.15) is 0 Å². The highest BCUT2D eigenvalue weighted by molar-refractivity contribution is 14.1. The number of nitrogens with zero attached hydrogens (tertiary/aromatic N) is 2. The minimum absolute atomic E-state index is 0.0104. The van der Waals surface area contributed by atoms with Crippen molar-refractivity contribution in [3.63, 3.8) is 0 Å².